The first-order chi connectivity index (χ1) is 13.8. The number of carbonyl (C=O) groups excluding carboxylic acids is 2. The van der Waals surface area contributed by atoms with Gasteiger partial charge in [-0.2, -0.15) is 0 Å². The minimum Gasteiger partial charge on any atom is -0.483 e. The quantitative estimate of drug-likeness (QED) is 0.574. The summed E-state index contributed by atoms with van der Waals surface area (Å²) in [6.45, 7) is 7.72. The molecule has 1 unspecified atom stereocenters. The number of rotatable bonds is 8. The van der Waals surface area contributed by atoms with Crippen LogP contribution in [0.5, 0.6) is 11.5 Å². The van der Waals surface area contributed by atoms with E-state index < -0.39 is 17.9 Å². The van der Waals surface area contributed by atoms with Gasteiger partial charge in [-0.25, -0.2) is 0 Å². The number of hydrazine groups is 1. The normalized spacial score (nSPS) is 11.7. The Morgan fingerprint density at radius 2 is 1.79 bits per heavy atom. The molecule has 0 fully saturated rings. The van der Waals surface area contributed by atoms with Crippen LogP contribution in [0.3, 0.4) is 0 Å². The molecule has 1 atom stereocenters. The molecule has 0 bridgehead atoms. The maximum atomic E-state index is 12.3. The molecule has 0 saturated carbocycles. The van der Waals surface area contributed by atoms with E-state index in [9.17, 15) is 9.59 Å². The van der Waals surface area contributed by atoms with Crippen LogP contribution in [-0.4, -0.2) is 24.5 Å². The zero-order chi connectivity index (χ0) is 21.4. The molecule has 0 aliphatic rings. The van der Waals surface area contributed by atoms with Gasteiger partial charge >= 0.3 is 0 Å². The van der Waals surface area contributed by atoms with Crippen LogP contribution in [-0.2, 0) is 9.59 Å². The molecule has 2 aromatic carbocycles. The van der Waals surface area contributed by atoms with E-state index in [4.69, 9.17) is 9.47 Å². The van der Waals surface area contributed by atoms with Crippen molar-refractivity contribution in [1.82, 2.24) is 10.9 Å². The Bertz CT molecular complexity index is 854. The van der Waals surface area contributed by atoms with Gasteiger partial charge in [0.2, 0.25) is 0 Å². The standard InChI is InChI=1S/C22H27BrN2O4/c1-5-18(29-19-9-7-6-8-15(19)4)22(27)25-24-21(26)13-28-20-11-10-16(14(2)3)12-17(20)23/h6-12,14,18H,5,13H2,1-4H3,(H,24,26)(H,25,27). The lowest BCUT2D eigenvalue weighted by atomic mass is 10.0. The third-order valence-corrected chi connectivity index (χ3v) is 4.95. The van der Waals surface area contributed by atoms with Gasteiger partial charge in [0.1, 0.15) is 11.5 Å². The molecule has 0 saturated heterocycles. The Morgan fingerprint density at radius 1 is 1.07 bits per heavy atom. The molecule has 0 spiro atoms. The van der Waals surface area contributed by atoms with E-state index in [2.05, 4.69) is 40.6 Å². The van der Waals surface area contributed by atoms with Gasteiger partial charge in [0.25, 0.3) is 11.8 Å². The Kier molecular flexibility index (Phi) is 8.51. The van der Waals surface area contributed by atoms with Crippen LogP contribution in [0.2, 0.25) is 0 Å². The maximum Gasteiger partial charge on any atom is 0.279 e. The lowest BCUT2D eigenvalue weighted by molar-refractivity contribution is -0.134. The molecule has 0 aromatic heterocycles. The van der Waals surface area contributed by atoms with Crippen molar-refractivity contribution in [2.24, 2.45) is 0 Å². The second kappa shape index (κ2) is 10.9. The number of nitrogens with one attached hydrogen (secondary N) is 2. The highest BCUT2D eigenvalue weighted by Gasteiger charge is 2.19. The van der Waals surface area contributed by atoms with E-state index in [0.717, 1.165) is 10.0 Å². The van der Waals surface area contributed by atoms with Crippen molar-refractivity contribution in [1.29, 1.82) is 0 Å². The number of amides is 2. The zero-order valence-corrected chi connectivity index (χ0v) is 18.7. The van der Waals surface area contributed by atoms with E-state index in [-0.39, 0.29) is 6.61 Å². The number of hydrogen-bond donors (Lipinski definition) is 2. The summed E-state index contributed by atoms with van der Waals surface area (Å²) in [4.78, 5) is 24.3. The summed E-state index contributed by atoms with van der Waals surface area (Å²) in [6, 6.07) is 13.2. The Morgan fingerprint density at radius 3 is 2.41 bits per heavy atom. The van der Waals surface area contributed by atoms with Crippen LogP contribution in [0.25, 0.3) is 0 Å². The summed E-state index contributed by atoms with van der Waals surface area (Å²) in [5, 5.41) is 0. The summed E-state index contributed by atoms with van der Waals surface area (Å²) >= 11 is 3.45. The predicted molar refractivity (Wildman–Crippen MR) is 116 cm³/mol. The molecule has 0 radical (unpaired) electrons. The molecule has 6 nitrogen and oxygen atoms in total. The van der Waals surface area contributed by atoms with Crippen LogP contribution < -0.4 is 20.3 Å². The molecule has 0 aliphatic carbocycles. The molecular formula is C22H27BrN2O4. The fraction of sp³-hybridized carbons (Fsp3) is 0.364. The average Bonchev–Trinajstić information content (AvgIpc) is 2.70. The molecule has 2 N–H and O–H groups in total. The van der Waals surface area contributed by atoms with Crippen molar-refractivity contribution in [3.63, 3.8) is 0 Å². The summed E-state index contributed by atoms with van der Waals surface area (Å²) < 4.78 is 12.1. The largest absolute Gasteiger partial charge is 0.483 e. The van der Waals surface area contributed by atoms with E-state index in [1.54, 1.807) is 6.07 Å². The molecule has 2 amide bonds. The predicted octanol–water partition coefficient (Wildman–Crippen LogP) is 4.26. The van der Waals surface area contributed by atoms with Crippen LogP contribution in [0.1, 0.15) is 44.2 Å². The van der Waals surface area contributed by atoms with E-state index >= 15 is 0 Å². The SMILES string of the molecule is CCC(Oc1ccccc1C)C(=O)NNC(=O)COc1ccc(C(C)C)cc1Br. The molecule has 0 heterocycles. The highest BCUT2D eigenvalue weighted by atomic mass is 79.9. The van der Waals surface area contributed by atoms with E-state index in [0.29, 0.717) is 23.8 Å². The topological polar surface area (TPSA) is 76.7 Å². The van der Waals surface area contributed by atoms with Crippen molar-refractivity contribution in [3.8, 4) is 11.5 Å². The number of aryl methyl sites for hydroxylation is 1. The van der Waals surface area contributed by atoms with Gasteiger partial charge in [-0.3, -0.25) is 20.4 Å². The lowest BCUT2D eigenvalue weighted by Crippen LogP contribution is -2.49. The molecular weight excluding hydrogens is 436 g/mol. The molecule has 29 heavy (non-hydrogen) atoms. The monoisotopic (exact) mass is 462 g/mol. The van der Waals surface area contributed by atoms with Crippen molar-refractivity contribution in [3.05, 3.63) is 58.1 Å². The average molecular weight is 463 g/mol. The summed E-state index contributed by atoms with van der Waals surface area (Å²) in [6.07, 6.45) is -0.253. The van der Waals surface area contributed by atoms with Crippen LogP contribution in [0.15, 0.2) is 46.9 Å². The highest BCUT2D eigenvalue weighted by Crippen LogP contribution is 2.28. The van der Waals surface area contributed by atoms with Gasteiger partial charge < -0.3 is 9.47 Å². The Hall–Kier alpha value is -2.54. The van der Waals surface area contributed by atoms with Crippen molar-refractivity contribution >= 4 is 27.7 Å². The fourth-order valence-electron chi connectivity index (χ4n) is 2.55. The maximum absolute atomic E-state index is 12.3. The molecule has 156 valence electrons. The number of hydrogen-bond acceptors (Lipinski definition) is 4. The summed E-state index contributed by atoms with van der Waals surface area (Å²) in [7, 11) is 0. The third kappa shape index (κ3) is 6.78. The van der Waals surface area contributed by atoms with Crippen molar-refractivity contribution in [2.45, 2.75) is 46.1 Å². The van der Waals surface area contributed by atoms with Gasteiger partial charge in [0.15, 0.2) is 12.7 Å². The lowest BCUT2D eigenvalue weighted by Gasteiger charge is -2.18. The highest BCUT2D eigenvalue weighted by molar-refractivity contribution is 9.10. The number of benzene rings is 2. The van der Waals surface area contributed by atoms with E-state index in [1.165, 1.54) is 5.56 Å². The van der Waals surface area contributed by atoms with Crippen LogP contribution in [0.4, 0.5) is 0 Å². The molecule has 2 aromatic rings. The molecule has 7 heteroatoms. The van der Waals surface area contributed by atoms with Gasteiger partial charge in [0, 0.05) is 0 Å². The van der Waals surface area contributed by atoms with Gasteiger partial charge in [-0.1, -0.05) is 45.0 Å². The summed E-state index contributed by atoms with van der Waals surface area (Å²) in [5.41, 5.74) is 6.85. The first-order valence-corrected chi connectivity index (χ1v) is 10.3. The van der Waals surface area contributed by atoms with Crippen molar-refractivity contribution < 1.29 is 19.1 Å². The minimum absolute atomic E-state index is 0.227. The van der Waals surface area contributed by atoms with Gasteiger partial charge in [-0.05, 0) is 64.5 Å². The first-order valence-electron chi connectivity index (χ1n) is 9.55. The molecule has 2 rings (SSSR count). The van der Waals surface area contributed by atoms with Crippen LogP contribution in [0, 0.1) is 6.92 Å². The molecule has 0 aliphatic heterocycles. The van der Waals surface area contributed by atoms with E-state index in [1.807, 2.05) is 50.2 Å². The second-order valence-corrected chi connectivity index (χ2v) is 7.81. The van der Waals surface area contributed by atoms with Crippen LogP contribution >= 0.6 is 15.9 Å². The van der Waals surface area contributed by atoms with Gasteiger partial charge in [0.05, 0.1) is 4.47 Å². The zero-order valence-electron chi connectivity index (χ0n) is 17.1. The number of para-hydroxylation sites is 1. The summed E-state index contributed by atoms with van der Waals surface area (Å²) in [5.74, 6) is 0.701. The second-order valence-electron chi connectivity index (χ2n) is 6.95. The number of ether oxygens (including phenoxy) is 2. The number of halogens is 1. The minimum atomic E-state index is -0.713. The Balaban J connectivity index is 1.83. The van der Waals surface area contributed by atoms with Gasteiger partial charge in [-0.15, -0.1) is 0 Å². The number of carbonyl (C=O) groups is 2. The fourth-order valence-corrected chi connectivity index (χ4v) is 3.06. The smallest absolute Gasteiger partial charge is 0.279 e. The first kappa shape index (κ1) is 22.7. The third-order valence-electron chi connectivity index (χ3n) is 4.33. The van der Waals surface area contributed by atoms with Crippen molar-refractivity contribution in [2.75, 3.05) is 6.61 Å². The Labute approximate surface area is 180 Å².